The summed E-state index contributed by atoms with van der Waals surface area (Å²) < 4.78 is 0. The van der Waals surface area contributed by atoms with Gasteiger partial charge in [0.2, 0.25) is 0 Å². The highest BCUT2D eigenvalue weighted by Crippen LogP contribution is 2.64. The molecule has 0 saturated heterocycles. The fourth-order valence-corrected chi connectivity index (χ4v) is 3.05. The maximum absolute atomic E-state index is 2.34. The van der Waals surface area contributed by atoms with Crippen LogP contribution in [0.15, 0.2) is 42.5 Å². The molecule has 0 saturated carbocycles. The quantitative estimate of drug-likeness (QED) is 0.580. The largest absolute Gasteiger partial charge is 0.0619 e. The van der Waals surface area contributed by atoms with Crippen LogP contribution in [0.4, 0.5) is 0 Å². The summed E-state index contributed by atoms with van der Waals surface area (Å²) in [6, 6.07) is 15.5. The van der Waals surface area contributed by atoms with Gasteiger partial charge in [-0.3, -0.25) is 0 Å². The molecule has 14 heavy (non-hydrogen) atoms. The molecule has 0 N–H and O–H groups in total. The van der Waals surface area contributed by atoms with E-state index in [0.29, 0.717) is 0 Å². The molecule has 0 aliphatic heterocycles. The van der Waals surface area contributed by atoms with Gasteiger partial charge in [-0.1, -0.05) is 42.5 Å². The molecule has 2 aliphatic carbocycles. The summed E-state index contributed by atoms with van der Waals surface area (Å²) in [4.78, 5) is 0. The lowest BCUT2D eigenvalue weighted by atomic mass is 9.93. The number of rotatable bonds is 0. The number of fused-ring (bicyclic) bond motifs is 4. The van der Waals surface area contributed by atoms with Gasteiger partial charge in [0, 0.05) is 5.41 Å². The minimum atomic E-state index is 0.273. The Morgan fingerprint density at radius 2 is 1.50 bits per heavy atom. The summed E-state index contributed by atoms with van der Waals surface area (Å²) in [6.45, 7) is 2.34. The molecule has 66 valence electrons. The Labute approximate surface area is 83.2 Å². The van der Waals surface area contributed by atoms with Crippen molar-refractivity contribution in [1.29, 1.82) is 0 Å². The minimum absolute atomic E-state index is 0.273. The van der Waals surface area contributed by atoms with Gasteiger partial charge in [0.05, 0.1) is 0 Å². The second kappa shape index (κ2) is 1.78. The molecule has 2 aromatic rings. The Morgan fingerprint density at radius 1 is 0.786 bits per heavy atom. The Hall–Kier alpha value is -1.56. The third kappa shape index (κ3) is 0.493. The van der Waals surface area contributed by atoms with Crippen LogP contribution in [-0.4, -0.2) is 0 Å². The molecular formula is C14H10. The van der Waals surface area contributed by atoms with Crippen molar-refractivity contribution in [2.45, 2.75) is 12.3 Å². The molecule has 0 nitrogen and oxygen atoms in total. The molecule has 2 aromatic carbocycles. The van der Waals surface area contributed by atoms with Gasteiger partial charge in [-0.25, -0.2) is 0 Å². The fourth-order valence-electron chi connectivity index (χ4n) is 3.05. The van der Waals surface area contributed by atoms with Crippen LogP contribution in [0, 0.1) is 0 Å². The SMILES string of the molecule is CC12c3ccccc3-c3cccc1c32. The van der Waals surface area contributed by atoms with E-state index >= 15 is 0 Å². The van der Waals surface area contributed by atoms with E-state index in [0.717, 1.165) is 0 Å². The first kappa shape index (κ1) is 6.83. The maximum Gasteiger partial charge on any atom is 0.0442 e. The number of hydrogen-bond donors (Lipinski definition) is 0. The first-order valence-electron chi connectivity index (χ1n) is 5.07. The standard InChI is InChI=1S/C14H10/c1-14-11-7-3-2-5-9(11)10-6-4-8-12(14)13(10)14/h2-8H,1H3. The van der Waals surface area contributed by atoms with Gasteiger partial charge in [-0.2, -0.15) is 0 Å². The van der Waals surface area contributed by atoms with Gasteiger partial charge in [0.15, 0.2) is 0 Å². The van der Waals surface area contributed by atoms with Crippen LogP contribution < -0.4 is 0 Å². The van der Waals surface area contributed by atoms with Crippen molar-refractivity contribution in [3.05, 3.63) is 59.2 Å². The number of benzene rings is 2. The summed E-state index contributed by atoms with van der Waals surface area (Å²) in [5.41, 5.74) is 7.78. The molecule has 1 unspecified atom stereocenters. The third-order valence-corrected chi connectivity index (χ3v) is 3.80. The van der Waals surface area contributed by atoms with Crippen LogP contribution in [-0.2, 0) is 5.41 Å². The molecule has 1 atom stereocenters. The molecule has 0 amide bonds. The Kier molecular flexibility index (Phi) is 0.870. The topological polar surface area (TPSA) is 0 Å². The van der Waals surface area contributed by atoms with Crippen LogP contribution in [0.5, 0.6) is 0 Å². The lowest BCUT2D eigenvalue weighted by molar-refractivity contribution is 0.872. The molecule has 2 aliphatic rings. The summed E-state index contributed by atoms with van der Waals surface area (Å²) in [5.74, 6) is 0. The van der Waals surface area contributed by atoms with Crippen LogP contribution in [0.2, 0.25) is 0 Å². The van der Waals surface area contributed by atoms with E-state index in [4.69, 9.17) is 0 Å². The monoisotopic (exact) mass is 178 g/mol. The Balaban J connectivity index is 2.22. The molecule has 4 rings (SSSR count). The predicted octanol–water partition coefficient (Wildman–Crippen LogP) is 3.33. The first-order valence-corrected chi connectivity index (χ1v) is 5.07. The van der Waals surface area contributed by atoms with E-state index in [1.165, 1.54) is 22.3 Å². The Morgan fingerprint density at radius 3 is 2.43 bits per heavy atom. The van der Waals surface area contributed by atoms with E-state index in [-0.39, 0.29) is 5.41 Å². The molecule has 0 bridgehead atoms. The minimum Gasteiger partial charge on any atom is -0.0619 e. The number of hydrogen-bond acceptors (Lipinski definition) is 0. The zero-order valence-corrected chi connectivity index (χ0v) is 8.04. The van der Waals surface area contributed by atoms with E-state index in [9.17, 15) is 0 Å². The van der Waals surface area contributed by atoms with Gasteiger partial charge < -0.3 is 0 Å². The smallest absolute Gasteiger partial charge is 0.0442 e. The fraction of sp³-hybridized carbons (Fsp3) is 0.143. The van der Waals surface area contributed by atoms with E-state index in [1.807, 2.05) is 0 Å². The van der Waals surface area contributed by atoms with Gasteiger partial charge in [-0.15, -0.1) is 0 Å². The zero-order chi connectivity index (χ0) is 9.34. The average Bonchev–Trinajstić information content (AvgIpc) is 2.76. The average molecular weight is 178 g/mol. The van der Waals surface area contributed by atoms with Crippen molar-refractivity contribution in [2.75, 3.05) is 0 Å². The van der Waals surface area contributed by atoms with Crippen molar-refractivity contribution < 1.29 is 0 Å². The van der Waals surface area contributed by atoms with Crippen LogP contribution in [0.25, 0.3) is 11.1 Å². The molecular weight excluding hydrogens is 168 g/mol. The van der Waals surface area contributed by atoms with Crippen molar-refractivity contribution in [1.82, 2.24) is 0 Å². The van der Waals surface area contributed by atoms with Crippen molar-refractivity contribution in [3.63, 3.8) is 0 Å². The second-order valence-corrected chi connectivity index (χ2v) is 4.40. The molecule has 0 aromatic heterocycles. The highest BCUT2D eigenvalue weighted by atomic mass is 14.6. The normalized spacial score (nSPS) is 24.4. The van der Waals surface area contributed by atoms with Crippen molar-refractivity contribution in [3.8, 4) is 11.1 Å². The Bertz CT molecular complexity index is 562. The molecule has 0 fully saturated rings. The summed E-state index contributed by atoms with van der Waals surface area (Å²) in [6.07, 6.45) is 0. The van der Waals surface area contributed by atoms with Gasteiger partial charge >= 0.3 is 0 Å². The van der Waals surface area contributed by atoms with Crippen molar-refractivity contribution in [2.24, 2.45) is 0 Å². The highest BCUT2D eigenvalue weighted by Gasteiger charge is 2.54. The van der Waals surface area contributed by atoms with E-state index < -0.39 is 0 Å². The molecule has 0 heteroatoms. The maximum atomic E-state index is 2.34. The van der Waals surface area contributed by atoms with Gasteiger partial charge in [0.1, 0.15) is 0 Å². The van der Waals surface area contributed by atoms with E-state index in [1.54, 1.807) is 5.56 Å². The van der Waals surface area contributed by atoms with Crippen molar-refractivity contribution >= 4 is 0 Å². The van der Waals surface area contributed by atoms with E-state index in [2.05, 4.69) is 49.4 Å². The molecule has 0 radical (unpaired) electrons. The lowest BCUT2D eigenvalue weighted by Crippen LogP contribution is -2.01. The molecule has 0 spiro atoms. The second-order valence-electron chi connectivity index (χ2n) is 4.40. The van der Waals surface area contributed by atoms with Gasteiger partial charge in [-0.05, 0) is 34.7 Å². The highest BCUT2D eigenvalue weighted by molar-refractivity contribution is 5.92. The first-order chi connectivity index (χ1) is 6.83. The van der Waals surface area contributed by atoms with Crippen LogP contribution in [0.1, 0.15) is 23.6 Å². The lowest BCUT2D eigenvalue weighted by Gasteiger charge is -2.10. The summed E-state index contributed by atoms with van der Waals surface area (Å²) in [5, 5.41) is 0. The third-order valence-electron chi connectivity index (χ3n) is 3.80. The molecule has 0 heterocycles. The van der Waals surface area contributed by atoms with Crippen LogP contribution >= 0.6 is 0 Å². The van der Waals surface area contributed by atoms with Crippen LogP contribution in [0.3, 0.4) is 0 Å². The predicted molar refractivity (Wildman–Crippen MR) is 57.4 cm³/mol. The van der Waals surface area contributed by atoms with Gasteiger partial charge in [0.25, 0.3) is 0 Å². The zero-order valence-electron chi connectivity index (χ0n) is 8.04. The summed E-state index contributed by atoms with van der Waals surface area (Å²) >= 11 is 0. The summed E-state index contributed by atoms with van der Waals surface area (Å²) in [7, 11) is 0.